The van der Waals surface area contributed by atoms with Crippen molar-refractivity contribution in [3.05, 3.63) is 42.1 Å². The van der Waals surface area contributed by atoms with Gasteiger partial charge >= 0.3 is 6.01 Å². The van der Waals surface area contributed by atoms with Crippen LogP contribution in [0.4, 0.5) is 0 Å². The Morgan fingerprint density at radius 1 is 1.24 bits per heavy atom. The maximum absolute atomic E-state index is 6.34. The predicted octanol–water partition coefficient (Wildman–Crippen LogP) is 0.934. The highest BCUT2D eigenvalue weighted by Crippen LogP contribution is 2.30. The first-order valence-corrected chi connectivity index (χ1v) is 7.26. The Bertz CT molecular complexity index is 946. The second-order valence-corrected chi connectivity index (χ2v) is 5.16. The van der Waals surface area contributed by atoms with Gasteiger partial charge in [0.2, 0.25) is 5.88 Å². The molecule has 0 fully saturated rings. The number of aromatic nitrogens is 2. The molecule has 25 heavy (non-hydrogen) atoms. The Labute approximate surface area is 142 Å². The van der Waals surface area contributed by atoms with Gasteiger partial charge in [-0.25, -0.2) is 9.98 Å². The quantitative estimate of drug-likeness (QED) is 0.653. The maximum atomic E-state index is 6.34. The van der Waals surface area contributed by atoms with Crippen molar-refractivity contribution in [2.45, 2.75) is 0 Å². The third-order valence-electron chi connectivity index (χ3n) is 3.61. The number of nitrogens with two attached hydrogens (primary N) is 1. The van der Waals surface area contributed by atoms with Gasteiger partial charge in [0, 0.05) is 6.20 Å². The molecule has 0 bridgehead atoms. The van der Waals surface area contributed by atoms with E-state index in [1.54, 1.807) is 37.0 Å². The number of quaternary nitrogens is 1. The summed E-state index contributed by atoms with van der Waals surface area (Å²) in [7, 11) is 2.98. The van der Waals surface area contributed by atoms with Crippen molar-refractivity contribution in [3.63, 3.8) is 0 Å². The summed E-state index contributed by atoms with van der Waals surface area (Å²) in [6, 6.07) is 3.71. The zero-order valence-corrected chi connectivity index (χ0v) is 13.4. The fourth-order valence-corrected chi connectivity index (χ4v) is 2.41. The summed E-state index contributed by atoms with van der Waals surface area (Å²) in [5, 5.41) is 4.41. The van der Waals surface area contributed by atoms with Crippen LogP contribution in [0.5, 0.6) is 11.9 Å². The first-order chi connectivity index (χ1) is 12.1. The molecule has 0 aliphatic carbocycles. The fourth-order valence-electron chi connectivity index (χ4n) is 2.41. The molecule has 0 aromatic carbocycles. The molecule has 1 atom stereocenters. The van der Waals surface area contributed by atoms with Crippen molar-refractivity contribution < 1.29 is 18.6 Å². The predicted molar refractivity (Wildman–Crippen MR) is 88.7 cm³/mol. The van der Waals surface area contributed by atoms with E-state index in [1.165, 1.54) is 14.2 Å². The van der Waals surface area contributed by atoms with Crippen LogP contribution in [0.25, 0.3) is 5.70 Å². The number of ether oxygens (including phenoxy) is 2. The van der Waals surface area contributed by atoms with Gasteiger partial charge in [-0.2, -0.15) is 9.98 Å². The summed E-state index contributed by atoms with van der Waals surface area (Å²) in [5.74, 6) is 8.04. The number of methoxy groups -OCH3 is 2. The van der Waals surface area contributed by atoms with Gasteiger partial charge in [0.1, 0.15) is 11.9 Å². The first-order valence-electron chi connectivity index (χ1n) is 7.26. The molecule has 126 valence electrons. The minimum atomic E-state index is -0.385. The largest absolute Gasteiger partial charge is 0.480 e. The van der Waals surface area contributed by atoms with Crippen LogP contribution in [0.1, 0.15) is 11.3 Å². The molecule has 0 saturated carbocycles. The van der Waals surface area contributed by atoms with Crippen LogP contribution in [0.15, 0.2) is 50.3 Å². The SMILES string of the molecule is COc1ncc(C2=C[N+]3(N)N=C(c4ccco4)N=C3C=N2)c(OC)n1. The van der Waals surface area contributed by atoms with Gasteiger partial charge in [-0.05, 0) is 21.9 Å². The molecule has 2 aliphatic rings. The van der Waals surface area contributed by atoms with Gasteiger partial charge in [0.25, 0.3) is 11.7 Å². The van der Waals surface area contributed by atoms with Gasteiger partial charge in [-0.15, -0.1) is 5.84 Å². The average molecular weight is 340 g/mol. The molecule has 0 radical (unpaired) electrons. The van der Waals surface area contributed by atoms with Crippen LogP contribution in [0.3, 0.4) is 0 Å². The van der Waals surface area contributed by atoms with Crippen LogP contribution in [-0.4, -0.2) is 46.8 Å². The highest BCUT2D eigenvalue weighted by molar-refractivity contribution is 6.32. The normalized spacial score (nSPS) is 21.3. The van der Waals surface area contributed by atoms with Gasteiger partial charge in [0.05, 0.1) is 26.0 Å². The molecule has 1 unspecified atom stereocenters. The third kappa shape index (κ3) is 2.49. The van der Waals surface area contributed by atoms with E-state index in [0.717, 1.165) is 0 Å². The number of amidine groups is 2. The molecule has 0 saturated heterocycles. The Morgan fingerprint density at radius 3 is 2.84 bits per heavy atom. The van der Waals surface area contributed by atoms with E-state index < -0.39 is 0 Å². The number of fused-ring (bicyclic) bond motifs is 1. The second kappa shape index (κ2) is 5.61. The fraction of sp³-hybridized carbons (Fsp3) is 0.133. The van der Waals surface area contributed by atoms with E-state index in [9.17, 15) is 0 Å². The zero-order chi connectivity index (χ0) is 17.4. The monoisotopic (exact) mass is 340 g/mol. The Morgan fingerprint density at radius 2 is 2.12 bits per heavy atom. The highest BCUT2D eigenvalue weighted by Gasteiger charge is 2.40. The molecular weight excluding hydrogens is 326 g/mol. The first kappa shape index (κ1) is 15.2. The van der Waals surface area contributed by atoms with E-state index in [1.807, 2.05) is 0 Å². The van der Waals surface area contributed by atoms with Crippen molar-refractivity contribution in [1.29, 1.82) is 0 Å². The minimum absolute atomic E-state index is 0.194. The molecule has 10 nitrogen and oxygen atoms in total. The van der Waals surface area contributed by atoms with Crippen molar-refractivity contribution in [2.75, 3.05) is 14.2 Å². The Balaban J connectivity index is 1.76. The van der Waals surface area contributed by atoms with Crippen LogP contribution in [0, 0.1) is 0 Å². The summed E-state index contributed by atoms with van der Waals surface area (Å²) in [4.78, 5) is 17.0. The van der Waals surface area contributed by atoms with E-state index >= 15 is 0 Å². The van der Waals surface area contributed by atoms with Gasteiger partial charge in [0.15, 0.2) is 12.0 Å². The topological polar surface area (TPSA) is 120 Å². The highest BCUT2D eigenvalue weighted by atomic mass is 16.5. The van der Waals surface area contributed by atoms with E-state index in [-0.39, 0.29) is 10.7 Å². The number of hydrogen-bond donors (Lipinski definition) is 1. The van der Waals surface area contributed by atoms with Gasteiger partial charge in [-0.1, -0.05) is 0 Å². The maximum Gasteiger partial charge on any atom is 0.319 e. The molecule has 2 aliphatic heterocycles. The van der Waals surface area contributed by atoms with Crippen LogP contribution < -0.4 is 15.3 Å². The summed E-state index contributed by atoms with van der Waals surface area (Å²) < 4.78 is 15.2. The molecule has 2 aromatic rings. The molecule has 2 aromatic heterocycles. The van der Waals surface area contributed by atoms with Crippen LogP contribution in [-0.2, 0) is 0 Å². The number of aliphatic imine (C=N–C) groups is 2. The number of furan rings is 1. The van der Waals surface area contributed by atoms with Crippen molar-refractivity contribution in [1.82, 2.24) is 9.97 Å². The molecule has 4 rings (SSSR count). The lowest BCUT2D eigenvalue weighted by atomic mass is 10.2. The van der Waals surface area contributed by atoms with E-state index in [2.05, 4.69) is 25.1 Å². The van der Waals surface area contributed by atoms with Crippen LogP contribution >= 0.6 is 0 Å². The van der Waals surface area contributed by atoms with Crippen molar-refractivity contribution >= 4 is 23.6 Å². The summed E-state index contributed by atoms with van der Waals surface area (Å²) in [5.41, 5.74) is 1.06. The zero-order valence-electron chi connectivity index (χ0n) is 13.4. The summed E-state index contributed by atoms with van der Waals surface area (Å²) in [6.45, 7) is 0. The molecule has 2 N–H and O–H groups in total. The number of rotatable bonds is 4. The Hall–Kier alpha value is -3.37. The number of hydrogen-bond acceptors (Lipinski definition) is 9. The molecule has 0 amide bonds. The lowest BCUT2D eigenvalue weighted by Gasteiger charge is -2.20. The van der Waals surface area contributed by atoms with Crippen molar-refractivity contribution in [3.8, 4) is 11.9 Å². The average Bonchev–Trinajstić information content (AvgIpc) is 3.27. The number of nitrogens with zero attached hydrogens (tertiary/aromatic N) is 6. The summed E-state index contributed by atoms with van der Waals surface area (Å²) >= 11 is 0. The molecular formula is C15H14N7O3+. The minimum Gasteiger partial charge on any atom is -0.480 e. The molecule has 10 heteroatoms. The summed E-state index contributed by atoms with van der Waals surface area (Å²) in [6.07, 6.45) is 6.27. The van der Waals surface area contributed by atoms with E-state index in [0.29, 0.717) is 34.6 Å². The van der Waals surface area contributed by atoms with Crippen molar-refractivity contribution in [2.24, 2.45) is 20.9 Å². The lowest BCUT2D eigenvalue weighted by molar-refractivity contribution is -0.802. The second-order valence-electron chi connectivity index (χ2n) is 5.16. The van der Waals surface area contributed by atoms with Gasteiger partial charge in [-0.3, -0.25) is 0 Å². The van der Waals surface area contributed by atoms with Gasteiger partial charge < -0.3 is 13.9 Å². The van der Waals surface area contributed by atoms with E-state index in [4.69, 9.17) is 19.7 Å². The molecule has 0 spiro atoms. The third-order valence-corrected chi connectivity index (χ3v) is 3.61. The smallest absolute Gasteiger partial charge is 0.319 e. The lowest BCUT2D eigenvalue weighted by Crippen LogP contribution is -2.50. The van der Waals surface area contributed by atoms with Crippen LogP contribution in [0.2, 0.25) is 0 Å². The Kier molecular flexibility index (Phi) is 3.41. The molecule has 4 heterocycles. The standard InChI is InChI=1S/C15H14N7O3/c1-23-14-9(6-18-15(20-14)24-2)10-8-22(16)12(7-17-10)19-13(21-22)11-4-3-5-25-11/h3-8H,16H2,1-2H3/q+1.